The number of nitrogens with zero attached hydrogens (tertiary/aromatic N) is 3. The average molecular weight is 503 g/mol. The highest BCUT2D eigenvalue weighted by Gasteiger charge is 2.20. The van der Waals surface area contributed by atoms with Crippen molar-refractivity contribution < 1.29 is 9.53 Å². The van der Waals surface area contributed by atoms with Crippen LogP contribution in [0.1, 0.15) is 27.2 Å². The van der Waals surface area contributed by atoms with Gasteiger partial charge in [-0.3, -0.25) is 9.79 Å². The van der Waals surface area contributed by atoms with E-state index in [0.717, 1.165) is 44.4 Å². The van der Waals surface area contributed by atoms with Crippen molar-refractivity contribution in [2.75, 3.05) is 51.3 Å². The second-order valence-corrected chi connectivity index (χ2v) is 6.88. The molecule has 1 amide bonds. The van der Waals surface area contributed by atoms with Gasteiger partial charge in [0.1, 0.15) is 5.75 Å². The Morgan fingerprint density at radius 1 is 1.25 bits per heavy atom. The molecule has 0 aliphatic carbocycles. The van der Waals surface area contributed by atoms with Gasteiger partial charge in [0, 0.05) is 56.9 Å². The summed E-state index contributed by atoms with van der Waals surface area (Å²) in [7, 11) is 1.69. The number of piperazine rings is 1. The van der Waals surface area contributed by atoms with Crippen LogP contribution in [0, 0.1) is 0 Å². The number of guanidine groups is 1. The number of nitrogens with one attached hydrogen (secondary N) is 2. The van der Waals surface area contributed by atoms with E-state index in [1.54, 1.807) is 7.11 Å². The van der Waals surface area contributed by atoms with Gasteiger partial charge in [-0.05, 0) is 32.9 Å². The van der Waals surface area contributed by atoms with Crippen LogP contribution in [-0.4, -0.2) is 69.2 Å². The fourth-order valence-corrected chi connectivity index (χ4v) is 3.07. The number of hydrogen-bond donors (Lipinski definition) is 2. The maximum Gasteiger partial charge on any atom is 0.222 e. The predicted octanol–water partition coefficient (Wildman–Crippen LogP) is 2.32. The zero-order chi connectivity index (χ0) is 19.6. The number of amides is 1. The van der Waals surface area contributed by atoms with E-state index in [1.807, 2.05) is 26.0 Å². The molecular weight excluding hydrogens is 469 g/mol. The van der Waals surface area contributed by atoms with Gasteiger partial charge in [-0.15, -0.1) is 24.0 Å². The lowest BCUT2D eigenvalue weighted by molar-refractivity contribution is -0.121. The van der Waals surface area contributed by atoms with E-state index in [9.17, 15) is 4.79 Å². The zero-order valence-corrected chi connectivity index (χ0v) is 19.7. The van der Waals surface area contributed by atoms with Crippen molar-refractivity contribution in [3.63, 3.8) is 0 Å². The third-order valence-corrected chi connectivity index (χ3v) is 4.38. The number of rotatable bonds is 7. The van der Waals surface area contributed by atoms with Crippen molar-refractivity contribution in [3.8, 4) is 5.75 Å². The van der Waals surface area contributed by atoms with Crippen LogP contribution in [0.4, 0.5) is 5.69 Å². The SMILES string of the molecule is CCNC(=NCCC(=O)NC(C)C)N1CCN(c2cccc(OC)c2)CC1.I. The quantitative estimate of drug-likeness (QED) is 0.340. The molecule has 0 saturated carbocycles. The summed E-state index contributed by atoms with van der Waals surface area (Å²) in [6.45, 7) is 10.9. The van der Waals surface area contributed by atoms with Gasteiger partial charge in [0.2, 0.25) is 5.91 Å². The summed E-state index contributed by atoms with van der Waals surface area (Å²) < 4.78 is 5.33. The van der Waals surface area contributed by atoms with Crippen LogP contribution < -0.4 is 20.3 Å². The maximum atomic E-state index is 11.8. The first-order valence-corrected chi connectivity index (χ1v) is 9.75. The molecule has 0 bridgehead atoms. The van der Waals surface area contributed by atoms with Crippen molar-refractivity contribution >= 4 is 41.5 Å². The summed E-state index contributed by atoms with van der Waals surface area (Å²) >= 11 is 0. The molecule has 28 heavy (non-hydrogen) atoms. The summed E-state index contributed by atoms with van der Waals surface area (Å²) in [5, 5.41) is 6.25. The van der Waals surface area contributed by atoms with E-state index in [-0.39, 0.29) is 35.9 Å². The van der Waals surface area contributed by atoms with Gasteiger partial charge in [0.15, 0.2) is 5.96 Å². The Labute approximate surface area is 185 Å². The number of aliphatic imine (C=N–C) groups is 1. The van der Waals surface area contributed by atoms with Crippen LogP contribution in [0.3, 0.4) is 0 Å². The largest absolute Gasteiger partial charge is 0.497 e. The van der Waals surface area contributed by atoms with Crippen molar-refractivity contribution in [2.24, 2.45) is 4.99 Å². The standard InChI is InChI=1S/C20H33N5O2.HI/c1-5-21-20(22-10-9-19(26)23-16(2)3)25-13-11-24(12-14-25)17-7-6-8-18(15-17)27-4;/h6-8,15-16H,5,9-14H2,1-4H3,(H,21,22)(H,23,26);1H. The minimum Gasteiger partial charge on any atom is -0.497 e. The van der Waals surface area contributed by atoms with Crippen molar-refractivity contribution in [1.29, 1.82) is 0 Å². The predicted molar refractivity (Wildman–Crippen MR) is 126 cm³/mol. The molecule has 1 saturated heterocycles. The Bertz CT molecular complexity index is 631. The molecule has 7 nitrogen and oxygen atoms in total. The second-order valence-electron chi connectivity index (χ2n) is 6.88. The average Bonchev–Trinajstić information content (AvgIpc) is 2.67. The fraction of sp³-hybridized carbons (Fsp3) is 0.600. The topological polar surface area (TPSA) is 69.2 Å². The molecule has 158 valence electrons. The Kier molecular flexibility index (Phi) is 11.0. The van der Waals surface area contributed by atoms with Crippen LogP contribution in [0.2, 0.25) is 0 Å². The number of hydrogen-bond acceptors (Lipinski definition) is 4. The molecule has 2 N–H and O–H groups in total. The van der Waals surface area contributed by atoms with Crippen molar-refractivity contribution in [1.82, 2.24) is 15.5 Å². The van der Waals surface area contributed by atoms with E-state index in [0.29, 0.717) is 13.0 Å². The molecule has 0 aromatic heterocycles. The lowest BCUT2D eigenvalue weighted by atomic mass is 10.2. The first-order chi connectivity index (χ1) is 13.0. The summed E-state index contributed by atoms with van der Waals surface area (Å²) in [5.41, 5.74) is 1.18. The molecule has 8 heteroatoms. The molecule has 0 radical (unpaired) electrons. The third-order valence-electron chi connectivity index (χ3n) is 4.38. The highest BCUT2D eigenvalue weighted by molar-refractivity contribution is 14.0. The van der Waals surface area contributed by atoms with Gasteiger partial charge < -0.3 is 25.2 Å². The minimum absolute atomic E-state index is 0. The Morgan fingerprint density at radius 3 is 2.57 bits per heavy atom. The van der Waals surface area contributed by atoms with E-state index < -0.39 is 0 Å². The van der Waals surface area contributed by atoms with Gasteiger partial charge in [0.05, 0.1) is 13.7 Å². The number of ether oxygens (including phenoxy) is 1. The van der Waals surface area contributed by atoms with Crippen LogP contribution in [0.5, 0.6) is 5.75 Å². The van der Waals surface area contributed by atoms with Crippen LogP contribution in [0.25, 0.3) is 0 Å². The van der Waals surface area contributed by atoms with Gasteiger partial charge in [-0.25, -0.2) is 0 Å². The molecule has 0 unspecified atom stereocenters. The van der Waals surface area contributed by atoms with Crippen LogP contribution >= 0.6 is 24.0 Å². The van der Waals surface area contributed by atoms with Gasteiger partial charge in [-0.1, -0.05) is 6.07 Å². The first-order valence-electron chi connectivity index (χ1n) is 9.75. The molecule has 2 rings (SSSR count). The number of carbonyl (C=O) groups excluding carboxylic acids is 1. The molecule has 1 fully saturated rings. The lowest BCUT2D eigenvalue weighted by Gasteiger charge is -2.37. The highest BCUT2D eigenvalue weighted by Crippen LogP contribution is 2.22. The highest BCUT2D eigenvalue weighted by atomic mass is 127. The summed E-state index contributed by atoms with van der Waals surface area (Å²) in [6.07, 6.45) is 0.414. The summed E-state index contributed by atoms with van der Waals surface area (Å²) in [6, 6.07) is 8.34. The van der Waals surface area contributed by atoms with Crippen LogP contribution in [-0.2, 0) is 4.79 Å². The third kappa shape index (κ3) is 7.73. The van der Waals surface area contributed by atoms with Crippen molar-refractivity contribution in [3.05, 3.63) is 24.3 Å². The number of benzene rings is 1. The number of anilines is 1. The van der Waals surface area contributed by atoms with Crippen LogP contribution in [0.15, 0.2) is 29.3 Å². The molecular formula is C20H34IN5O2. The number of carbonyl (C=O) groups is 1. The first kappa shape index (κ1) is 24.3. The fourth-order valence-electron chi connectivity index (χ4n) is 3.07. The Balaban J connectivity index is 0.00000392. The second kappa shape index (κ2) is 12.7. The van der Waals surface area contributed by atoms with Gasteiger partial charge in [-0.2, -0.15) is 0 Å². The van der Waals surface area contributed by atoms with Gasteiger partial charge in [0.25, 0.3) is 0 Å². The van der Waals surface area contributed by atoms with Crippen molar-refractivity contribution in [2.45, 2.75) is 33.2 Å². The molecule has 0 atom stereocenters. The van der Waals surface area contributed by atoms with E-state index in [2.05, 4.69) is 44.5 Å². The Morgan fingerprint density at radius 2 is 1.96 bits per heavy atom. The summed E-state index contributed by atoms with van der Waals surface area (Å²) in [5.74, 6) is 1.82. The van der Waals surface area contributed by atoms with E-state index in [4.69, 9.17) is 4.74 Å². The summed E-state index contributed by atoms with van der Waals surface area (Å²) in [4.78, 5) is 21.1. The van der Waals surface area contributed by atoms with E-state index >= 15 is 0 Å². The molecule has 1 aliphatic heterocycles. The molecule has 1 aromatic carbocycles. The van der Waals surface area contributed by atoms with E-state index in [1.165, 1.54) is 5.69 Å². The van der Waals surface area contributed by atoms with Gasteiger partial charge >= 0.3 is 0 Å². The normalized spacial score (nSPS) is 14.5. The zero-order valence-electron chi connectivity index (χ0n) is 17.4. The smallest absolute Gasteiger partial charge is 0.222 e. The Hall–Kier alpha value is -1.71. The number of methoxy groups -OCH3 is 1. The molecule has 0 spiro atoms. The maximum absolute atomic E-state index is 11.8. The minimum atomic E-state index is 0. The monoisotopic (exact) mass is 503 g/mol. The lowest BCUT2D eigenvalue weighted by Crippen LogP contribution is -2.52. The molecule has 1 aromatic rings. The number of halogens is 1. The molecule has 1 heterocycles. The molecule has 1 aliphatic rings.